The van der Waals surface area contributed by atoms with E-state index >= 15 is 0 Å². The summed E-state index contributed by atoms with van der Waals surface area (Å²) in [5.74, 6) is 5.01. The maximum Gasteiger partial charge on any atom is 0.129 e. The molecule has 3 nitrogen and oxygen atoms in total. The van der Waals surface area contributed by atoms with Crippen LogP contribution in [0.25, 0.3) is 0 Å². The monoisotopic (exact) mass is 652 g/mol. The quantitative estimate of drug-likeness (QED) is 0.220. The van der Waals surface area contributed by atoms with Gasteiger partial charge in [0, 0.05) is 11.8 Å². The van der Waals surface area contributed by atoms with Crippen molar-refractivity contribution in [3.8, 4) is 0 Å². The predicted molar refractivity (Wildman–Crippen MR) is 201 cm³/mol. The number of ether oxygens (including phenoxy) is 1. The fraction of sp³-hybridized carbons (Fsp3) is 0.886. The van der Waals surface area contributed by atoms with Gasteiger partial charge in [-0.2, -0.15) is 0 Å². The second-order valence-corrected chi connectivity index (χ2v) is 18.2. The number of ketones is 1. The molecule has 5 aliphatic carbocycles. The zero-order chi connectivity index (χ0) is 34.8. The normalized spacial score (nSPS) is 43.4. The Morgan fingerprint density at radius 2 is 1.66 bits per heavy atom. The predicted octanol–water partition coefficient (Wildman–Crippen LogP) is 12.0. The standard InChI is InChI=1S/C33H52O.C7H15NO.C4H10/c1-9-24-10-13-30(6)25(18-24)11-14-31(7)27-12-15-33(22(4)26(27)19-28(30)31)23(5)32(8)21(3)16-20(2)17-29(32)34-33;1-7(9)5-3-2-4-6-8;1-3-4-2/h11,20-21,23-24,27-29H,9-10,12-19H2,1-8H3;2-6,8H2,1H3;3-4H2,1-2H3/t20?,21?,23-,24?,27?,28?,29?,30?,31?,32?,33?;;/m1../s1. The van der Waals surface area contributed by atoms with E-state index in [1.807, 2.05) is 11.1 Å². The molecule has 0 aromatic rings. The van der Waals surface area contributed by atoms with E-state index in [4.69, 9.17) is 10.5 Å². The second-order valence-electron chi connectivity index (χ2n) is 18.2. The molecule has 11 atom stereocenters. The first-order valence-electron chi connectivity index (χ1n) is 20.5. The van der Waals surface area contributed by atoms with Gasteiger partial charge in [-0.25, -0.2) is 0 Å². The van der Waals surface area contributed by atoms with Crippen LogP contribution in [0.2, 0.25) is 0 Å². The summed E-state index contributed by atoms with van der Waals surface area (Å²) in [4.78, 5) is 10.4. The molecule has 0 amide bonds. The Hall–Kier alpha value is -0.930. The number of unbranched alkanes of at least 4 members (excludes halogenated alkanes) is 3. The van der Waals surface area contributed by atoms with Gasteiger partial charge < -0.3 is 15.3 Å². The first-order chi connectivity index (χ1) is 22.2. The molecule has 1 aliphatic heterocycles. The summed E-state index contributed by atoms with van der Waals surface area (Å²) in [5, 5.41) is 0. The molecule has 47 heavy (non-hydrogen) atoms. The van der Waals surface area contributed by atoms with Crippen molar-refractivity contribution in [3.05, 3.63) is 22.8 Å². The SMILES string of the molecule is CC(=O)CCCCCN.CCC1CCC2(C)C(=CCC3(C)C4CCC5(OC6CC(C)CC(C)C6(C)[C@H]5C)C(C)=C4CC23)C1.CCCC. The fourth-order valence-electron chi connectivity index (χ4n) is 11.9. The molecule has 1 spiro atoms. The third-order valence-electron chi connectivity index (χ3n) is 15.7. The third kappa shape index (κ3) is 7.03. The summed E-state index contributed by atoms with van der Waals surface area (Å²) in [6.07, 6.45) is 23.2. The number of allylic oxidation sites excluding steroid dienone is 3. The Morgan fingerprint density at radius 1 is 0.957 bits per heavy atom. The number of carbonyl (C=O) groups excluding carboxylic acids is 1. The number of fused-ring (bicyclic) bond motifs is 6. The Kier molecular flexibility index (Phi) is 12.8. The van der Waals surface area contributed by atoms with Gasteiger partial charge in [-0.3, -0.25) is 0 Å². The maximum atomic E-state index is 10.4. The molecule has 2 N–H and O–H groups in total. The highest BCUT2D eigenvalue weighted by molar-refractivity contribution is 5.75. The molecule has 1 heterocycles. The number of hydrogen-bond donors (Lipinski definition) is 1. The van der Waals surface area contributed by atoms with Gasteiger partial charge in [0.05, 0.1) is 11.7 Å². The first-order valence-corrected chi connectivity index (χ1v) is 20.5. The zero-order valence-corrected chi connectivity index (χ0v) is 33.0. The summed E-state index contributed by atoms with van der Waals surface area (Å²) >= 11 is 0. The van der Waals surface area contributed by atoms with Crippen molar-refractivity contribution in [1.82, 2.24) is 0 Å². The van der Waals surface area contributed by atoms with Crippen LogP contribution in [0, 0.1) is 51.8 Å². The average molecular weight is 652 g/mol. The van der Waals surface area contributed by atoms with Crippen LogP contribution in [0.3, 0.4) is 0 Å². The first kappa shape index (κ1) is 38.9. The van der Waals surface area contributed by atoms with E-state index in [1.165, 1.54) is 77.0 Å². The molecule has 1 saturated heterocycles. The summed E-state index contributed by atoms with van der Waals surface area (Å²) in [7, 11) is 0. The Labute approximate surface area is 292 Å². The minimum Gasteiger partial charge on any atom is -0.367 e. The summed E-state index contributed by atoms with van der Waals surface area (Å²) in [6.45, 7) is 27.2. The van der Waals surface area contributed by atoms with Crippen LogP contribution in [0.4, 0.5) is 0 Å². The van der Waals surface area contributed by atoms with Gasteiger partial charge in [0.2, 0.25) is 0 Å². The number of rotatable bonds is 7. The number of nitrogens with two attached hydrogens (primary N) is 1. The van der Waals surface area contributed by atoms with Crippen LogP contribution in [-0.2, 0) is 9.53 Å². The fourth-order valence-corrected chi connectivity index (χ4v) is 11.9. The van der Waals surface area contributed by atoms with Gasteiger partial charge in [-0.1, -0.05) is 105 Å². The number of Topliss-reactive ketones (excluding diaryl/α,β-unsaturated/α-hetero) is 1. The Bertz CT molecular complexity index is 1140. The lowest BCUT2D eigenvalue weighted by Gasteiger charge is -2.54. The van der Waals surface area contributed by atoms with Crippen LogP contribution in [0.15, 0.2) is 22.8 Å². The van der Waals surface area contributed by atoms with E-state index in [9.17, 15) is 4.79 Å². The summed E-state index contributed by atoms with van der Waals surface area (Å²) in [6, 6.07) is 0. The second kappa shape index (κ2) is 15.5. The van der Waals surface area contributed by atoms with Crippen LogP contribution in [0.5, 0.6) is 0 Å². The molecule has 0 bridgehead atoms. The van der Waals surface area contributed by atoms with Gasteiger partial charge in [0.1, 0.15) is 5.78 Å². The minimum atomic E-state index is 0.00442. The molecule has 4 fully saturated rings. The molecule has 0 radical (unpaired) electrons. The lowest BCUT2D eigenvalue weighted by molar-refractivity contribution is -0.117. The topological polar surface area (TPSA) is 52.3 Å². The van der Waals surface area contributed by atoms with Gasteiger partial charge in [-0.15, -0.1) is 0 Å². The average Bonchev–Trinajstić information content (AvgIpc) is 3.47. The smallest absolute Gasteiger partial charge is 0.129 e. The van der Waals surface area contributed by atoms with Crippen molar-refractivity contribution >= 4 is 5.78 Å². The van der Waals surface area contributed by atoms with E-state index in [-0.39, 0.29) is 11.4 Å². The van der Waals surface area contributed by atoms with Crippen molar-refractivity contribution in [2.45, 2.75) is 191 Å². The molecular formula is C44H77NO2. The van der Waals surface area contributed by atoms with Crippen molar-refractivity contribution < 1.29 is 9.53 Å². The van der Waals surface area contributed by atoms with Crippen molar-refractivity contribution in [1.29, 1.82) is 0 Å². The van der Waals surface area contributed by atoms with E-state index in [1.54, 1.807) is 12.5 Å². The van der Waals surface area contributed by atoms with E-state index in [0.29, 0.717) is 28.3 Å². The molecule has 10 unspecified atom stereocenters. The number of carbonyl (C=O) groups is 1. The van der Waals surface area contributed by atoms with Gasteiger partial charge >= 0.3 is 0 Å². The molecule has 0 aromatic carbocycles. The van der Waals surface area contributed by atoms with Gasteiger partial charge in [0.15, 0.2) is 0 Å². The van der Waals surface area contributed by atoms with Gasteiger partial charge in [0.25, 0.3) is 0 Å². The van der Waals surface area contributed by atoms with Crippen molar-refractivity contribution in [2.75, 3.05) is 6.54 Å². The van der Waals surface area contributed by atoms with E-state index < -0.39 is 0 Å². The van der Waals surface area contributed by atoms with Crippen LogP contribution in [-0.4, -0.2) is 24.0 Å². The third-order valence-corrected chi connectivity index (χ3v) is 15.7. The Balaban J connectivity index is 0.000000328. The lowest BCUT2D eigenvalue weighted by atomic mass is 9.50. The molecule has 3 heteroatoms. The van der Waals surface area contributed by atoms with Crippen LogP contribution < -0.4 is 5.73 Å². The maximum absolute atomic E-state index is 10.4. The highest BCUT2D eigenvalue weighted by Gasteiger charge is 2.67. The number of hydrogen-bond acceptors (Lipinski definition) is 3. The molecule has 6 aliphatic rings. The lowest BCUT2D eigenvalue weighted by Crippen LogP contribution is -2.48. The molecule has 3 saturated carbocycles. The minimum absolute atomic E-state index is 0.00442. The molecule has 270 valence electrons. The van der Waals surface area contributed by atoms with Crippen LogP contribution in [0.1, 0.15) is 179 Å². The highest BCUT2D eigenvalue weighted by Crippen LogP contribution is 2.71. The summed E-state index contributed by atoms with van der Waals surface area (Å²) < 4.78 is 7.35. The molecular weight excluding hydrogens is 574 g/mol. The van der Waals surface area contributed by atoms with Crippen molar-refractivity contribution in [3.63, 3.8) is 0 Å². The summed E-state index contributed by atoms with van der Waals surface area (Å²) in [5.41, 5.74) is 11.9. The zero-order valence-electron chi connectivity index (χ0n) is 33.0. The highest BCUT2D eigenvalue weighted by atomic mass is 16.5. The van der Waals surface area contributed by atoms with Gasteiger partial charge in [-0.05, 0) is 143 Å². The molecule has 6 rings (SSSR count). The van der Waals surface area contributed by atoms with E-state index in [0.717, 1.165) is 61.8 Å². The van der Waals surface area contributed by atoms with Crippen LogP contribution >= 0.6 is 0 Å². The van der Waals surface area contributed by atoms with Crippen molar-refractivity contribution in [2.24, 2.45) is 57.5 Å². The largest absolute Gasteiger partial charge is 0.367 e. The van der Waals surface area contributed by atoms with E-state index in [2.05, 4.69) is 75.3 Å². The Morgan fingerprint density at radius 3 is 2.28 bits per heavy atom. The molecule has 0 aromatic heterocycles.